The third-order valence-electron chi connectivity index (χ3n) is 3.26. The molecule has 0 radical (unpaired) electrons. The van der Waals surface area contributed by atoms with Gasteiger partial charge >= 0.3 is 0 Å². The first kappa shape index (κ1) is 16.4. The fourth-order valence-electron chi connectivity index (χ4n) is 2.25. The van der Waals surface area contributed by atoms with E-state index in [2.05, 4.69) is 10.6 Å². The number of nitro groups is 1. The van der Waals surface area contributed by atoms with Crippen molar-refractivity contribution >= 4 is 24.0 Å². The number of nitro benzene ring substituents is 1. The highest BCUT2D eigenvalue weighted by Crippen LogP contribution is 2.17. The zero-order valence-electron chi connectivity index (χ0n) is 11.0. The summed E-state index contributed by atoms with van der Waals surface area (Å²) in [6.07, 6.45) is 2.34. The van der Waals surface area contributed by atoms with Crippen LogP contribution in [0.3, 0.4) is 0 Å². The van der Waals surface area contributed by atoms with E-state index in [4.69, 9.17) is 0 Å². The second-order valence-corrected chi connectivity index (χ2v) is 4.58. The molecule has 1 saturated heterocycles. The molecule has 1 atom stereocenters. The van der Waals surface area contributed by atoms with E-state index < -0.39 is 4.92 Å². The first-order valence-electron chi connectivity index (χ1n) is 6.42. The second-order valence-electron chi connectivity index (χ2n) is 4.58. The Morgan fingerprint density at radius 3 is 2.85 bits per heavy atom. The molecule has 0 aromatic heterocycles. The Labute approximate surface area is 123 Å². The number of amides is 1. The van der Waals surface area contributed by atoms with Gasteiger partial charge in [-0.15, -0.1) is 12.4 Å². The molecule has 1 heterocycles. The van der Waals surface area contributed by atoms with Crippen molar-refractivity contribution in [3.8, 4) is 0 Å². The molecule has 1 aliphatic heterocycles. The van der Waals surface area contributed by atoms with Gasteiger partial charge in [-0.05, 0) is 25.8 Å². The lowest BCUT2D eigenvalue weighted by Crippen LogP contribution is -2.41. The maximum Gasteiger partial charge on any atom is 0.272 e. The fourth-order valence-corrected chi connectivity index (χ4v) is 2.25. The van der Waals surface area contributed by atoms with Crippen molar-refractivity contribution in [3.63, 3.8) is 0 Å². The molecule has 110 valence electrons. The third-order valence-corrected chi connectivity index (χ3v) is 3.26. The van der Waals surface area contributed by atoms with Crippen molar-refractivity contribution in [1.82, 2.24) is 10.6 Å². The Hall–Kier alpha value is -1.66. The number of hydrogen-bond acceptors (Lipinski definition) is 4. The van der Waals surface area contributed by atoms with Crippen molar-refractivity contribution < 1.29 is 9.72 Å². The van der Waals surface area contributed by atoms with Gasteiger partial charge in [0.15, 0.2) is 0 Å². The van der Waals surface area contributed by atoms with Crippen LogP contribution < -0.4 is 10.6 Å². The average Bonchev–Trinajstić information content (AvgIpc) is 2.93. The number of halogens is 1. The van der Waals surface area contributed by atoms with Crippen LogP contribution in [-0.4, -0.2) is 30.0 Å². The second kappa shape index (κ2) is 7.81. The molecule has 7 heteroatoms. The Kier molecular flexibility index (Phi) is 6.41. The Morgan fingerprint density at radius 1 is 1.45 bits per heavy atom. The lowest BCUT2D eigenvalue weighted by atomic mass is 10.1. The van der Waals surface area contributed by atoms with Gasteiger partial charge in [-0.1, -0.05) is 18.2 Å². The lowest BCUT2D eigenvalue weighted by Gasteiger charge is -2.10. The van der Waals surface area contributed by atoms with Gasteiger partial charge in [0.1, 0.15) is 0 Å². The number of nitrogens with zero attached hydrogens (tertiary/aromatic N) is 1. The molecule has 6 nitrogen and oxygen atoms in total. The van der Waals surface area contributed by atoms with E-state index in [1.165, 1.54) is 6.07 Å². The number of rotatable bonds is 5. The fraction of sp³-hybridized carbons (Fsp3) is 0.462. The highest BCUT2D eigenvalue weighted by molar-refractivity contribution is 5.85. The van der Waals surface area contributed by atoms with Crippen molar-refractivity contribution in [1.29, 1.82) is 0 Å². The van der Waals surface area contributed by atoms with Crippen LogP contribution in [0.5, 0.6) is 0 Å². The van der Waals surface area contributed by atoms with Crippen LogP contribution in [0.4, 0.5) is 5.69 Å². The quantitative estimate of drug-likeness (QED) is 0.636. The first-order chi connectivity index (χ1) is 9.18. The number of hydrogen-bond donors (Lipinski definition) is 2. The number of para-hydroxylation sites is 1. The highest BCUT2D eigenvalue weighted by Gasteiger charge is 2.21. The average molecular weight is 300 g/mol. The minimum Gasteiger partial charge on any atom is -0.354 e. The van der Waals surface area contributed by atoms with Crippen LogP contribution in [0.15, 0.2) is 24.3 Å². The van der Waals surface area contributed by atoms with Crippen molar-refractivity contribution in [2.24, 2.45) is 0 Å². The number of benzene rings is 1. The molecule has 2 N–H and O–H groups in total. The van der Waals surface area contributed by atoms with Crippen LogP contribution in [-0.2, 0) is 11.2 Å². The molecular weight excluding hydrogens is 282 g/mol. The van der Waals surface area contributed by atoms with Gasteiger partial charge in [-0.2, -0.15) is 0 Å². The van der Waals surface area contributed by atoms with Gasteiger partial charge in [0.25, 0.3) is 5.69 Å². The Bertz CT molecular complexity index is 476. The maximum atomic E-state index is 11.7. The topological polar surface area (TPSA) is 84.3 Å². The maximum absolute atomic E-state index is 11.7. The molecule has 0 spiro atoms. The van der Waals surface area contributed by atoms with Crippen LogP contribution in [0, 0.1) is 10.1 Å². The van der Waals surface area contributed by atoms with E-state index in [1.807, 2.05) is 0 Å². The summed E-state index contributed by atoms with van der Waals surface area (Å²) >= 11 is 0. The van der Waals surface area contributed by atoms with Crippen LogP contribution in [0.25, 0.3) is 0 Å². The van der Waals surface area contributed by atoms with Gasteiger partial charge in [0.05, 0.1) is 11.0 Å². The molecule has 1 amide bonds. The summed E-state index contributed by atoms with van der Waals surface area (Å²) in [4.78, 5) is 22.2. The van der Waals surface area contributed by atoms with E-state index in [0.29, 0.717) is 18.5 Å². The van der Waals surface area contributed by atoms with Crippen LogP contribution >= 0.6 is 12.4 Å². The summed E-state index contributed by atoms with van der Waals surface area (Å²) in [6, 6.07) is 6.50. The molecule has 0 aliphatic carbocycles. The van der Waals surface area contributed by atoms with E-state index in [0.717, 1.165) is 19.4 Å². The van der Waals surface area contributed by atoms with Gasteiger partial charge in [0, 0.05) is 18.2 Å². The number of nitrogens with one attached hydrogen (secondary N) is 2. The monoisotopic (exact) mass is 299 g/mol. The molecular formula is C13H18ClN3O3. The van der Waals surface area contributed by atoms with Gasteiger partial charge < -0.3 is 10.6 Å². The summed E-state index contributed by atoms with van der Waals surface area (Å²) in [5.41, 5.74) is 0.753. The zero-order chi connectivity index (χ0) is 13.7. The van der Waals surface area contributed by atoms with E-state index >= 15 is 0 Å². The molecule has 0 bridgehead atoms. The Balaban J connectivity index is 0.00000200. The molecule has 20 heavy (non-hydrogen) atoms. The molecule has 1 aliphatic rings. The van der Waals surface area contributed by atoms with Crippen molar-refractivity contribution in [2.45, 2.75) is 25.3 Å². The molecule has 1 aromatic rings. The standard InChI is InChI=1S/C13H17N3O3.ClH/c17-13(11-5-3-8-14-11)15-9-7-10-4-1-2-6-12(10)16(18)19;/h1-2,4,6,11,14H,3,5,7-9H2,(H,15,17);1H. The van der Waals surface area contributed by atoms with Gasteiger partial charge in [0.2, 0.25) is 5.91 Å². The molecule has 1 fully saturated rings. The SMILES string of the molecule is Cl.O=C(NCCc1ccccc1[N+](=O)[O-])C1CCCN1. The predicted octanol–water partition coefficient (Wildman–Crippen LogP) is 1.43. The predicted molar refractivity (Wildman–Crippen MR) is 78.1 cm³/mol. The summed E-state index contributed by atoms with van der Waals surface area (Å²) in [6.45, 7) is 1.30. The largest absolute Gasteiger partial charge is 0.354 e. The smallest absolute Gasteiger partial charge is 0.272 e. The number of carbonyl (C=O) groups excluding carboxylic acids is 1. The normalized spacial score (nSPS) is 17.3. The summed E-state index contributed by atoms with van der Waals surface area (Å²) in [5.74, 6) is -0.0175. The first-order valence-corrected chi connectivity index (χ1v) is 6.42. The van der Waals surface area contributed by atoms with Crippen molar-refractivity contribution in [3.05, 3.63) is 39.9 Å². The summed E-state index contributed by atoms with van der Waals surface area (Å²) < 4.78 is 0. The minimum atomic E-state index is -0.393. The summed E-state index contributed by atoms with van der Waals surface area (Å²) in [7, 11) is 0. The molecule has 1 aromatic carbocycles. The molecule has 0 saturated carbocycles. The van der Waals surface area contributed by atoms with Gasteiger partial charge in [-0.25, -0.2) is 0 Å². The third kappa shape index (κ3) is 4.18. The summed E-state index contributed by atoms with van der Waals surface area (Å²) in [5, 5.41) is 16.8. The highest BCUT2D eigenvalue weighted by atomic mass is 35.5. The van der Waals surface area contributed by atoms with Crippen LogP contribution in [0.2, 0.25) is 0 Å². The minimum absolute atomic E-state index is 0. The molecule has 1 unspecified atom stereocenters. The molecule has 2 rings (SSSR count). The Morgan fingerprint density at radius 2 is 2.20 bits per heavy atom. The number of carbonyl (C=O) groups is 1. The van der Waals surface area contributed by atoms with E-state index in [1.54, 1.807) is 18.2 Å². The van der Waals surface area contributed by atoms with Crippen LogP contribution in [0.1, 0.15) is 18.4 Å². The van der Waals surface area contributed by atoms with E-state index in [9.17, 15) is 14.9 Å². The van der Waals surface area contributed by atoms with Crippen molar-refractivity contribution in [2.75, 3.05) is 13.1 Å². The van der Waals surface area contributed by atoms with E-state index in [-0.39, 0.29) is 30.0 Å². The zero-order valence-corrected chi connectivity index (χ0v) is 11.8. The van der Waals surface area contributed by atoms with Gasteiger partial charge in [-0.3, -0.25) is 14.9 Å². The lowest BCUT2D eigenvalue weighted by molar-refractivity contribution is -0.385.